The Bertz CT molecular complexity index is 296. The summed E-state index contributed by atoms with van der Waals surface area (Å²) in [5.74, 6) is 2.88. The van der Waals surface area contributed by atoms with E-state index < -0.39 is 0 Å². The van der Waals surface area contributed by atoms with Gasteiger partial charge in [0.1, 0.15) is 0 Å². The van der Waals surface area contributed by atoms with Crippen molar-refractivity contribution in [3.63, 3.8) is 0 Å². The molecule has 0 aromatic carbocycles. The van der Waals surface area contributed by atoms with Gasteiger partial charge in [-0.3, -0.25) is 10.2 Å². The molecule has 0 aliphatic carbocycles. The number of hydrogen-bond acceptors (Lipinski definition) is 3. The topological polar surface area (TPSA) is 41.3 Å². The first-order chi connectivity index (χ1) is 8.25. The van der Waals surface area contributed by atoms with Crippen molar-refractivity contribution in [1.82, 2.24) is 10.2 Å². The number of fused-ring (bicyclic) bond motifs is 1. The quantitative estimate of drug-likeness (QED) is 0.697. The molecule has 3 atom stereocenters. The van der Waals surface area contributed by atoms with Crippen LogP contribution in [0.2, 0.25) is 0 Å². The average molecular weight is 235 g/mol. The lowest BCUT2D eigenvalue weighted by atomic mass is 9.87. The summed E-state index contributed by atoms with van der Waals surface area (Å²) in [4.78, 5) is 2.58. The van der Waals surface area contributed by atoms with Crippen LogP contribution in [-0.4, -0.2) is 42.2 Å². The van der Waals surface area contributed by atoms with E-state index in [9.17, 15) is 0 Å². The lowest BCUT2D eigenvalue weighted by Gasteiger charge is -2.37. The third kappa shape index (κ3) is 2.35. The molecule has 2 aliphatic rings. The standard InChI is InChI=1S/C14H25N3/c1-3-6-12(4-2)16-14(11-15)8-10-17-9-5-7-13(14)17/h2,12-13,16H,3,5-11,15H2,1H3. The average Bonchev–Trinajstić information content (AvgIpc) is 2.92. The van der Waals surface area contributed by atoms with Crippen LogP contribution in [0.15, 0.2) is 0 Å². The maximum absolute atomic E-state index is 6.07. The minimum absolute atomic E-state index is 0.0721. The van der Waals surface area contributed by atoms with Crippen molar-refractivity contribution in [2.75, 3.05) is 19.6 Å². The molecule has 0 aromatic heterocycles. The van der Waals surface area contributed by atoms with Gasteiger partial charge in [-0.05, 0) is 32.2 Å². The molecule has 2 saturated heterocycles. The Balaban J connectivity index is 2.07. The van der Waals surface area contributed by atoms with Crippen molar-refractivity contribution >= 4 is 0 Å². The molecule has 0 aromatic rings. The molecular formula is C14H25N3. The molecule has 3 nitrogen and oxygen atoms in total. The highest BCUT2D eigenvalue weighted by Crippen LogP contribution is 2.35. The fourth-order valence-electron chi connectivity index (χ4n) is 3.53. The molecule has 0 radical (unpaired) electrons. The van der Waals surface area contributed by atoms with Gasteiger partial charge in [-0.1, -0.05) is 19.3 Å². The van der Waals surface area contributed by atoms with Crippen molar-refractivity contribution in [2.45, 2.75) is 56.7 Å². The van der Waals surface area contributed by atoms with Gasteiger partial charge in [-0.25, -0.2) is 0 Å². The van der Waals surface area contributed by atoms with Gasteiger partial charge >= 0.3 is 0 Å². The van der Waals surface area contributed by atoms with E-state index in [2.05, 4.69) is 23.1 Å². The molecule has 2 rings (SSSR count). The number of terminal acetylenes is 1. The largest absolute Gasteiger partial charge is 0.329 e. The summed E-state index contributed by atoms with van der Waals surface area (Å²) in [6, 6.07) is 0.796. The molecule has 0 amide bonds. The number of rotatable bonds is 5. The van der Waals surface area contributed by atoms with Crippen LogP contribution in [0.3, 0.4) is 0 Å². The molecule has 2 heterocycles. The van der Waals surface area contributed by atoms with Crippen molar-refractivity contribution in [2.24, 2.45) is 5.73 Å². The fourth-order valence-corrected chi connectivity index (χ4v) is 3.53. The van der Waals surface area contributed by atoms with Crippen LogP contribution in [0.4, 0.5) is 0 Å². The van der Waals surface area contributed by atoms with Crippen LogP contribution < -0.4 is 11.1 Å². The Morgan fingerprint density at radius 1 is 1.59 bits per heavy atom. The first kappa shape index (κ1) is 12.9. The summed E-state index contributed by atoms with van der Waals surface area (Å²) < 4.78 is 0. The number of nitrogens with one attached hydrogen (secondary N) is 1. The van der Waals surface area contributed by atoms with Crippen molar-refractivity contribution in [3.05, 3.63) is 0 Å². The van der Waals surface area contributed by atoms with E-state index in [1.54, 1.807) is 0 Å². The zero-order valence-electron chi connectivity index (χ0n) is 10.9. The van der Waals surface area contributed by atoms with Crippen LogP contribution in [0.25, 0.3) is 0 Å². The summed E-state index contributed by atoms with van der Waals surface area (Å²) in [7, 11) is 0. The molecule has 17 heavy (non-hydrogen) atoms. The molecule has 3 heteroatoms. The molecular weight excluding hydrogens is 210 g/mol. The Hall–Kier alpha value is -0.560. The zero-order chi connectivity index (χ0) is 12.3. The minimum Gasteiger partial charge on any atom is -0.329 e. The Morgan fingerprint density at radius 3 is 3.06 bits per heavy atom. The summed E-state index contributed by atoms with van der Waals surface area (Å²) in [6.45, 7) is 5.30. The molecule has 0 spiro atoms. The van der Waals surface area contributed by atoms with E-state index in [1.165, 1.54) is 25.9 Å². The van der Waals surface area contributed by atoms with Gasteiger partial charge in [0.15, 0.2) is 0 Å². The molecule has 2 fully saturated rings. The first-order valence-corrected chi connectivity index (χ1v) is 6.93. The predicted molar refractivity (Wildman–Crippen MR) is 71.7 cm³/mol. The summed E-state index contributed by atoms with van der Waals surface area (Å²) in [5, 5.41) is 3.70. The number of nitrogens with two attached hydrogens (primary N) is 1. The second-order valence-corrected chi connectivity index (χ2v) is 5.46. The second-order valence-electron chi connectivity index (χ2n) is 5.46. The van der Waals surface area contributed by atoms with Crippen LogP contribution in [0, 0.1) is 12.3 Å². The van der Waals surface area contributed by atoms with Gasteiger partial charge in [0, 0.05) is 24.7 Å². The van der Waals surface area contributed by atoms with Crippen LogP contribution in [0.5, 0.6) is 0 Å². The maximum atomic E-state index is 6.07. The highest BCUT2D eigenvalue weighted by atomic mass is 15.3. The number of hydrogen-bond donors (Lipinski definition) is 2. The monoisotopic (exact) mass is 235 g/mol. The molecule has 3 N–H and O–H groups in total. The molecule has 0 saturated carbocycles. The van der Waals surface area contributed by atoms with Crippen LogP contribution >= 0.6 is 0 Å². The van der Waals surface area contributed by atoms with Crippen molar-refractivity contribution in [1.29, 1.82) is 0 Å². The fraction of sp³-hybridized carbons (Fsp3) is 0.857. The smallest absolute Gasteiger partial charge is 0.0692 e. The Kier molecular flexibility index (Phi) is 4.09. The molecule has 3 unspecified atom stereocenters. The van der Waals surface area contributed by atoms with Crippen molar-refractivity contribution in [3.8, 4) is 12.3 Å². The predicted octanol–water partition coefficient (Wildman–Crippen LogP) is 0.944. The zero-order valence-corrected chi connectivity index (χ0v) is 10.9. The lowest BCUT2D eigenvalue weighted by Crippen LogP contribution is -2.60. The molecule has 96 valence electrons. The van der Waals surface area contributed by atoms with Crippen molar-refractivity contribution < 1.29 is 0 Å². The van der Waals surface area contributed by atoms with E-state index in [0.717, 1.165) is 19.3 Å². The van der Waals surface area contributed by atoms with E-state index in [0.29, 0.717) is 12.6 Å². The van der Waals surface area contributed by atoms with Gasteiger partial charge in [0.25, 0.3) is 0 Å². The molecule has 0 bridgehead atoms. The second kappa shape index (κ2) is 5.39. The normalized spacial score (nSPS) is 34.5. The SMILES string of the molecule is C#CC(CCC)NC1(CN)CCN2CCCC21. The third-order valence-electron chi connectivity index (χ3n) is 4.45. The van der Waals surface area contributed by atoms with Gasteiger partial charge in [-0.15, -0.1) is 6.42 Å². The minimum atomic E-state index is 0.0721. The van der Waals surface area contributed by atoms with Gasteiger partial charge in [0.05, 0.1) is 6.04 Å². The van der Waals surface area contributed by atoms with E-state index >= 15 is 0 Å². The van der Waals surface area contributed by atoms with Gasteiger partial charge in [-0.2, -0.15) is 0 Å². The van der Waals surface area contributed by atoms with E-state index in [1.807, 2.05) is 0 Å². The Labute approximate surface area is 105 Å². The lowest BCUT2D eigenvalue weighted by molar-refractivity contribution is 0.218. The summed E-state index contributed by atoms with van der Waals surface area (Å²) in [5.41, 5.74) is 6.14. The molecule has 2 aliphatic heterocycles. The highest BCUT2D eigenvalue weighted by molar-refractivity contribution is 5.13. The van der Waals surface area contributed by atoms with Gasteiger partial charge < -0.3 is 5.73 Å². The van der Waals surface area contributed by atoms with Crippen LogP contribution in [0.1, 0.15) is 39.0 Å². The van der Waals surface area contributed by atoms with E-state index in [-0.39, 0.29) is 11.6 Å². The summed E-state index contributed by atoms with van der Waals surface area (Å²) in [6.07, 6.45) is 11.5. The summed E-state index contributed by atoms with van der Waals surface area (Å²) >= 11 is 0. The first-order valence-electron chi connectivity index (χ1n) is 6.93. The number of nitrogens with zero attached hydrogens (tertiary/aromatic N) is 1. The third-order valence-corrected chi connectivity index (χ3v) is 4.45. The van der Waals surface area contributed by atoms with Gasteiger partial charge in [0.2, 0.25) is 0 Å². The Morgan fingerprint density at radius 2 is 2.41 bits per heavy atom. The van der Waals surface area contributed by atoms with E-state index in [4.69, 9.17) is 12.2 Å². The highest BCUT2D eigenvalue weighted by Gasteiger charge is 2.48. The maximum Gasteiger partial charge on any atom is 0.0692 e. The van der Waals surface area contributed by atoms with Crippen LogP contribution in [-0.2, 0) is 0 Å².